The SMILES string of the molecule is CCCNC(CCc1c(Br)cnn1CCOC)C(C)(C)C. The maximum Gasteiger partial charge on any atom is 0.0658 e. The molecule has 0 spiro atoms. The molecule has 0 amide bonds. The van der Waals surface area contributed by atoms with Crippen LogP contribution in [0.25, 0.3) is 0 Å². The van der Waals surface area contributed by atoms with E-state index in [4.69, 9.17) is 4.74 Å². The van der Waals surface area contributed by atoms with Gasteiger partial charge >= 0.3 is 0 Å². The lowest BCUT2D eigenvalue weighted by atomic mass is 9.83. The predicted molar refractivity (Wildman–Crippen MR) is 91.7 cm³/mol. The zero-order valence-corrected chi connectivity index (χ0v) is 15.7. The van der Waals surface area contributed by atoms with Crippen LogP contribution in [0.2, 0.25) is 0 Å². The highest BCUT2D eigenvalue weighted by atomic mass is 79.9. The van der Waals surface area contributed by atoms with Gasteiger partial charge in [0, 0.05) is 13.2 Å². The molecule has 0 aromatic carbocycles. The fraction of sp³-hybridized carbons (Fsp3) is 0.812. The van der Waals surface area contributed by atoms with Gasteiger partial charge in [-0.05, 0) is 47.2 Å². The van der Waals surface area contributed by atoms with Gasteiger partial charge in [-0.25, -0.2) is 0 Å². The van der Waals surface area contributed by atoms with Crippen molar-refractivity contribution < 1.29 is 4.74 Å². The van der Waals surface area contributed by atoms with Gasteiger partial charge in [0.15, 0.2) is 0 Å². The lowest BCUT2D eigenvalue weighted by molar-refractivity contribution is 0.182. The Balaban J connectivity index is 2.68. The van der Waals surface area contributed by atoms with Gasteiger partial charge in [0.25, 0.3) is 0 Å². The molecule has 1 aromatic rings. The Bertz CT molecular complexity index is 412. The third-order valence-corrected chi connectivity index (χ3v) is 4.42. The summed E-state index contributed by atoms with van der Waals surface area (Å²) in [6.07, 6.45) is 5.18. The summed E-state index contributed by atoms with van der Waals surface area (Å²) in [5.41, 5.74) is 1.53. The molecule has 1 N–H and O–H groups in total. The first-order chi connectivity index (χ1) is 9.90. The zero-order valence-electron chi connectivity index (χ0n) is 14.1. The van der Waals surface area contributed by atoms with Crippen LogP contribution in [-0.4, -0.2) is 36.1 Å². The second-order valence-electron chi connectivity index (χ2n) is 6.57. The second kappa shape index (κ2) is 8.91. The van der Waals surface area contributed by atoms with Crippen molar-refractivity contribution in [3.05, 3.63) is 16.4 Å². The highest BCUT2D eigenvalue weighted by Gasteiger charge is 2.24. The summed E-state index contributed by atoms with van der Waals surface area (Å²) in [5, 5.41) is 8.11. The highest BCUT2D eigenvalue weighted by Crippen LogP contribution is 2.25. The quantitative estimate of drug-likeness (QED) is 0.731. The summed E-state index contributed by atoms with van der Waals surface area (Å²) in [6.45, 7) is 11.7. The van der Waals surface area contributed by atoms with Gasteiger partial charge in [-0.3, -0.25) is 4.68 Å². The van der Waals surface area contributed by atoms with E-state index in [1.54, 1.807) is 7.11 Å². The van der Waals surface area contributed by atoms with E-state index in [1.807, 2.05) is 10.9 Å². The number of aromatic nitrogens is 2. The molecule has 0 aliphatic rings. The van der Waals surface area contributed by atoms with Crippen molar-refractivity contribution in [1.82, 2.24) is 15.1 Å². The minimum Gasteiger partial charge on any atom is -0.383 e. The summed E-state index contributed by atoms with van der Waals surface area (Å²) in [6, 6.07) is 0.509. The van der Waals surface area contributed by atoms with Gasteiger partial charge in [-0.2, -0.15) is 5.10 Å². The van der Waals surface area contributed by atoms with E-state index in [2.05, 4.69) is 54.0 Å². The predicted octanol–water partition coefficient (Wildman–Crippen LogP) is 3.64. The normalized spacial score (nSPS) is 13.6. The Labute approximate surface area is 137 Å². The highest BCUT2D eigenvalue weighted by molar-refractivity contribution is 9.10. The van der Waals surface area contributed by atoms with E-state index in [-0.39, 0.29) is 5.41 Å². The van der Waals surface area contributed by atoms with Crippen LogP contribution >= 0.6 is 15.9 Å². The minimum absolute atomic E-state index is 0.263. The maximum absolute atomic E-state index is 5.15. The van der Waals surface area contributed by atoms with Gasteiger partial charge in [-0.1, -0.05) is 27.7 Å². The summed E-state index contributed by atoms with van der Waals surface area (Å²) >= 11 is 3.62. The van der Waals surface area contributed by atoms with Crippen molar-refractivity contribution in [2.24, 2.45) is 5.41 Å². The zero-order chi connectivity index (χ0) is 15.9. The molecule has 0 radical (unpaired) electrons. The van der Waals surface area contributed by atoms with Crippen LogP contribution in [0.4, 0.5) is 0 Å². The molecule has 1 heterocycles. The van der Waals surface area contributed by atoms with E-state index in [9.17, 15) is 0 Å². The van der Waals surface area contributed by atoms with E-state index in [0.29, 0.717) is 12.6 Å². The number of methoxy groups -OCH3 is 1. The van der Waals surface area contributed by atoms with Gasteiger partial charge in [0.2, 0.25) is 0 Å². The Morgan fingerprint density at radius 3 is 2.71 bits per heavy atom. The standard InChI is InChI=1S/C16H30BrN3O/c1-6-9-18-15(16(2,3)4)8-7-14-13(17)12-19-20(14)10-11-21-5/h12,15,18H,6-11H2,1-5H3. The van der Waals surface area contributed by atoms with Crippen LogP contribution in [0, 0.1) is 5.41 Å². The third kappa shape index (κ3) is 6.09. The van der Waals surface area contributed by atoms with Gasteiger partial charge in [0.05, 0.1) is 29.5 Å². The molecule has 0 aliphatic heterocycles. The monoisotopic (exact) mass is 359 g/mol. The number of hydrogen-bond acceptors (Lipinski definition) is 3. The van der Waals surface area contributed by atoms with Gasteiger partial charge in [-0.15, -0.1) is 0 Å². The topological polar surface area (TPSA) is 39.1 Å². The van der Waals surface area contributed by atoms with Crippen molar-refractivity contribution in [3.63, 3.8) is 0 Å². The molecule has 5 heteroatoms. The Morgan fingerprint density at radius 1 is 1.43 bits per heavy atom. The van der Waals surface area contributed by atoms with Crippen molar-refractivity contribution in [1.29, 1.82) is 0 Å². The number of hydrogen-bond donors (Lipinski definition) is 1. The number of halogens is 1. The summed E-state index contributed by atoms with van der Waals surface area (Å²) in [7, 11) is 1.72. The lowest BCUT2D eigenvalue weighted by Gasteiger charge is -2.32. The van der Waals surface area contributed by atoms with Crippen LogP contribution in [0.3, 0.4) is 0 Å². The van der Waals surface area contributed by atoms with E-state index in [1.165, 1.54) is 12.1 Å². The fourth-order valence-electron chi connectivity index (χ4n) is 2.45. The molecular formula is C16H30BrN3O. The summed E-state index contributed by atoms with van der Waals surface area (Å²) in [4.78, 5) is 0. The van der Waals surface area contributed by atoms with E-state index >= 15 is 0 Å². The molecule has 1 aromatic heterocycles. The molecule has 0 saturated carbocycles. The molecule has 1 unspecified atom stereocenters. The molecule has 4 nitrogen and oxygen atoms in total. The van der Waals surface area contributed by atoms with Crippen LogP contribution in [0.15, 0.2) is 10.7 Å². The Morgan fingerprint density at radius 2 is 2.14 bits per heavy atom. The van der Waals surface area contributed by atoms with Gasteiger partial charge < -0.3 is 10.1 Å². The second-order valence-corrected chi connectivity index (χ2v) is 7.42. The molecule has 0 fully saturated rings. The third-order valence-electron chi connectivity index (χ3n) is 3.76. The number of ether oxygens (including phenoxy) is 1. The first-order valence-corrected chi connectivity index (χ1v) is 8.62. The lowest BCUT2D eigenvalue weighted by Crippen LogP contribution is -2.41. The van der Waals surface area contributed by atoms with Crippen LogP contribution < -0.4 is 5.32 Å². The van der Waals surface area contributed by atoms with Crippen molar-refractivity contribution >= 4 is 15.9 Å². The molecule has 0 saturated heterocycles. The Hall–Kier alpha value is -0.390. The summed E-state index contributed by atoms with van der Waals surface area (Å²) < 4.78 is 8.30. The van der Waals surface area contributed by atoms with E-state index < -0.39 is 0 Å². The largest absolute Gasteiger partial charge is 0.383 e. The van der Waals surface area contributed by atoms with Crippen molar-refractivity contribution in [3.8, 4) is 0 Å². The number of nitrogens with zero attached hydrogens (tertiary/aromatic N) is 2. The van der Waals surface area contributed by atoms with Crippen molar-refractivity contribution in [2.75, 3.05) is 20.3 Å². The average Bonchev–Trinajstić information content (AvgIpc) is 2.76. The molecule has 21 heavy (non-hydrogen) atoms. The fourth-order valence-corrected chi connectivity index (χ4v) is 2.94. The van der Waals surface area contributed by atoms with Crippen molar-refractivity contribution in [2.45, 2.75) is 59.5 Å². The maximum atomic E-state index is 5.15. The number of nitrogens with one attached hydrogen (secondary N) is 1. The molecule has 1 atom stereocenters. The van der Waals surface area contributed by atoms with Crippen LogP contribution in [0.5, 0.6) is 0 Å². The molecule has 1 rings (SSSR count). The first kappa shape index (κ1) is 18.7. The minimum atomic E-state index is 0.263. The Kier molecular flexibility index (Phi) is 7.92. The van der Waals surface area contributed by atoms with E-state index in [0.717, 1.165) is 30.4 Å². The molecular weight excluding hydrogens is 330 g/mol. The van der Waals surface area contributed by atoms with Crippen LogP contribution in [-0.2, 0) is 17.7 Å². The molecule has 122 valence electrons. The van der Waals surface area contributed by atoms with Gasteiger partial charge in [0.1, 0.15) is 0 Å². The number of rotatable bonds is 9. The average molecular weight is 360 g/mol. The molecule has 0 bridgehead atoms. The summed E-state index contributed by atoms with van der Waals surface area (Å²) in [5.74, 6) is 0. The smallest absolute Gasteiger partial charge is 0.0658 e. The first-order valence-electron chi connectivity index (χ1n) is 7.82. The van der Waals surface area contributed by atoms with Crippen LogP contribution in [0.1, 0.15) is 46.2 Å². The molecule has 0 aliphatic carbocycles.